The predicted molar refractivity (Wildman–Crippen MR) is 77.0 cm³/mol. The molecule has 1 aromatic rings. The molecule has 0 aliphatic carbocycles. The first-order valence-electron chi connectivity index (χ1n) is 6.71. The van der Waals surface area contributed by atoms with Gasteiger partial charge in [0.1, 0.15) is 0 Å². The summed E-state index contributed by atoms with van der Waals surface area (Å²) in [7, 11) is -3.85. The summed E-state index contributed by atoms with van der Waals surface area (Å²) >= 11 is 0. The second-order valence-electron chi connectivity index (χ2n) is 5.22. The van der Waals surface area contributed by atoms with Crippen LogP contribution in [0.5, 0.6) is 0 Å². The lowest BCUT2D eigenvalue weighted by Crippen LogP contribution is -2.40. The topological polar surface area (TPSA) is 118 Å². The summed E-state index contributed by atoms with van der Waals surface area (Å²) in [5.74, 6) is -1.47. The zero-order chi connectivity index (χ0) is 16.5. The van der Waals surface area contributed by atoms with Crippen molar-refractivity contribution in [2.45, 2.75) is 24.7 Å². The number of nitro groups is 1. The van der Waals surface area contributed by atoms with Crippen molar-refractivity contribution in [1.29, 1.82) is 0 Å². The van der Waals surface area contributed by atoms with E-state index < -0.39 is 26.8 Å². The number of hydrogen-bond donors (Lipinski definition) is 1. The molecule has 1 aliphatic heterocycles. The van der Waals surface area contributed by atoms with Gasteiger partial charge in [0, 0.05) is 24.7 Å². The third-order valence-electron chi connectivity index (χ3n) is 3.82. The van der Waals surface area contributed by atoms with Crippen LogP contribution in [-0.2, 0) is 14.8 Å². The molecule has 120 valence electrons. The van der Waals surface area contributed by atoms with Crippen LogP contribution in [0.3, 0.4) is 0 Å². The molecule has 1 fully saturated rings. The Morgan fingerprint density at radius 3 is 2.45 bits per heavy atom. The lowest BCUT2D eigenvalue weighted by Gasteiger charge is -2.29. The van der Waals surface area contributed by atoms with E-state index in [1.807, 2.05) is 0 Å². The van der Waals surface area contributed by atoms with Crippen LogP contribution in [0, 0.1) is 23.0 Å². The van der Waals surface area contributed by atoms with E-state index in [1.54, 1.807) is 0 Å². The third kappa shape index (κ3) is 3.09. The van der Waals surface area contributed by atoms with E-state index in [4.69, 9.17) is 5.11 Å². The smallest absolute Gasteiger partial charge is 0.306 e. The van der Waals surface area contributed by atoms with Crippen molar-refractivity contribution < 1.29 is 23.2 Å². The van der Waals surface area contributed by atoms with Gasteiger partial charge in [0.2, 0.25) is 10.0 Å². The monoisotopic (exact) mass is 328 g/mol. The summed E-state index contributed by atoms with van der Waals surface area (Å²) < 4.78 is 26.2. The SMILES string of the molecule is Cc1ccc(S(=O)(=O)N2CCC(C(=O)O)CC2)cc1[N+](=O)[O-]. The minimum Gasteiger partial charge on any atom is -0.481 e. The molecule has 1 aromatic carbocycles. The first-order valence-corrected chi connectivity index (χ1v) is 8.15. The zero-order valence-corrected chi connectivity index (χ0v) is 12.7. The molecule has 1 aliphatic rings. The van der Waals surface area contributed by atoms with Crippen LogP contribution in [0.2, 0.25) is 0 Å². The van der Waals surface area contributed by atoms with Gasteiger partial charge >= 0.3 is 5.97 Å². The number of nitrogens with zero attached hydrogens (tertiary/aromatic N) is 2. The lowest BCUT2D eigenvalue weighted by atomic mass is 9.99. The Labute approximate surface area is 127 Å². The van der Waals surface area contributed by atoms with Gasteiger partial charge in [0.25, 0.3) is 5.69 Å². The van der Waals surface area contributed by atoms with Crippen LogP contribution >= 0.6 is 0 Å². The highest BCUT2D eigenvalue weighted by Crippen LogP contribution is 2.27. The first-order chi connectivity index (χ1) is 10.2. The van der Waals surface area contributed by atoms with Crippen LogP contribution < -0.4 is 0 Å². The summed E-state index contributed by atoms with van der Waals surface area (Å²) in [6.07, 6.45) is 0.477. The molecule has 2 rings (SSSR count). The van der Waals surface area contributed by atoms with Gasteiger partial charge in [-0.05, 0) is 25.8 Å². The second kappa shape index (κ2) is 6.01. The molecule has 22 heavy (non-hydrogen) atoms. The normalized spacial score (nSPS) is 17.3. The fraction of sp³-hybridized carbons (Fsp3) is 0.462. The minimum atomic E-state index is -3.85. The summed E-state index contributed by atoms with van der Waals surface area (Å²) in [5.41, 5.74) is 0.134. The molecular formula is C13H16N2O6S. The van der Waals surface area contributed by atoms with E-state index in [0.29, 0.717) is 5.56 Å². The van der Waals surface area contributed by atoms with Crippen LogP contribution in [0.4, 0.5) is 5.69 Å². The van der Waals surface area contributed by atoms with Crippen molar-refractivity contribution in [3.05, 3.63) is 33.9 Å². The Morgan fingerprint density at radius 1 is 1.36 bits per heavy atom. The number of rotatable bonds is 4. The second-order valence-corrected chi connectivity index (χ2v) is 7.16. The van der Waals surface area contributed by atoms with Gasteiger partial charge in [-0.15, -0.1) is 0 Å². The molecule has 9 heteroatoms. The van der Waals surface area contributed by atoms with Gasteiger partial charge in [-0.25, -0.2) is 8.42 Å². The molecule has 8 nitrogen and oxygen atoms in total. The van der Waals surface area contributed by atoms with E-state index in [2.05, 4.69) is 0 Å². The summed E-state index contributed by atoms with van der Waals surface area (Å²) in [6.45, 7) is 1.73. The van der Waals surface area contributed by atoms with Crippen molar-refractivity contribution in [2.75, 3.05) is 13.1 Å². The Hall–Kier alpha value is -2.00. The first kappa shape index (κ1) is 16.4. The van der Waals surface area contributed by atoms with E-state index in [-0.39, 0.29) is 36.5 Å². The maximum Gasteiger partial charge on any atom is 0.306 e. The van der Waals surface area contributed by atoms with Crippen LogP contribution in [-0.4, -0.2) is 41.8 Å². The van der Waals surface area contributed by atoms with Gasteiger partial charge in [-0.1, -0.05) is 6.07 Å². The number of sulfonamides is 1. The molecule has 1 saturated heterocycles. The Kier molecular flexibility index (Phi) is 4.47. The molecule has 0 spiro atoms. The minimum absolute atomic E-state index is 0.0982. The zero-order valence-electron chi connectivity index (χ0n) is 11.9. The number of carboxylic acid groups (broad SMARTS) is 1. The number of aliphatic carboxylic acids is 1. The summed E-state index contributed by atoms with van der Waals surface area (Å²) in [4.78, 5) is 21.1. The number of piperidine rings is 1. The highest BCUT2D eigenvalue weighted by molar-refractivity contribution is 7.89. The van der Waals surface area contributed by atoms with Gasteiger partial charge in [-0.2, -0.15) is 4.31 Å². The lowest BCUT2D eigenvalue weighted by molar-refractivity contribution is -0.385. The van der Waals surface area contributed by atoms with E-state index in [1.165, 1.54) is 23.4 Å². The number of aryl methyl sites for hydroxylation is 1. The average molecular weight is 328 g/mol. The number of hydrogen-bond acceptors (Lipinski definition) is 5. The van der Waals surface area contributed by atoms with E-state index in [9.17, 15) is 23.3 Å². The molecule has 0 amide bonds. The standard InChI is InChI=1S/C13H16N2O6S/c1-9-2-3-11(8-12(9)15(18)19)22(20,21)14-6-4-10(5-7-14)13(16)17/h2-3,8,10H,4-7H2,1H3,(H,16,17). The number of nitro benzene ring substituents is 1. The molecule has 0 aromatic heterocycles. The Balaban J connectivity index is 2.26. The molecule has 1 heterocycles. The molecule has 0 atom stereocenters. The van der Waals surface area contributed by atoms with Crippen molar-refractivity contribution >= 4 is 21.7 Å². The molecular weight excluding hydrogens is 312 g/mol. The predicted octanol–water partition coefficient (Wildman–Crippen LogP) is 1.39. The highest BCUT2D eigenvalue weighted by Gasteiger charge is 2.32. The van der Waals surface area contributed by atoms with Crippen molar-refractivity contribution in [1.82, 2.24) is 4.31 Å². The summed E-state index contributed by atoms with van der Waals surface area (Å²) in [6, 6.07) is 3.78. The maximum atomic E-state index is 12.5. The summed E-state index contributed by atoms with van der Waals surface area (Å²) in [5, 5.41) is 19.9. The fourth-order valence-electron chi connectivity index (χ4n) is 2.44. The quantitative estimate of drug-likeness (QED) is 0.659. The average Bonchev–Trinajstić information content (AvgIpc) is 2.47. The van der Waals surface area contributed by atoms with E-state index >= 15 is 0 Å². The Bertz CT molecular complexity index is 707. The largest absolute Gasteiger partial charge is 0.481 e. The van der Waals surface area contributed by atoms with Crippen molar-refractivity contribution in [3.8, 4) is 0 Å². The van der Waals surface area contributed by atoms with Crippen molar-refractivity contribution in [3.63, 3.8) is 0 Å². The molecule has 0 saturated carbocycles. The molecule has 0 radical (unpaired) electrons. The van der Waals surface area contributed by atoms with Crippen LogP contribution in [0.1, 0.15) is 18.4 Å². The Morgan fingerprint density at radius 2 is 1.95 bits per heavy atom. The number of carbonyl (C=O) groups is 1. The fourth-order valence-corrected chi connectivity index (χ4v) is 3.93. The number of benzene rings is 1. The third-order valence-corrected chi connectivity index (χ3v) is 5.71. The van der Waals surface area contributed by atoms with Crippen LogP contribution in [0.15, 0.2) is 23.1 Å². The van der Waals surface area contributed by atoms with Crippen molar-refractivity contribution in [2.24, 2.45) is 5.92 Å². The van der Waals surface area contributed by atoms with Gasteiger partial charge < -0.3 is 5.11 Å². The van der Waals surface area contributed by atoms with E-state index in [0.717, 1.165) is 6.07 Å². The number of carboxylic acids is 1. The molecule has 0 bridgehead atoms. The van der Waals surface area contributed by atoms with Crippen LogP contribution in [0.25, 0.3) is 0 Å². The molecule has 1 N–H and O–H groups in total. The maximum absolute atomic E-state index is 12.5. The highest BCUT2D eigenvalue weighted by atomic mass is 32.2. The van der Waals surface area contributed by atoms with Gasteiger partial charge in [-0.3, -0.25) is 14.9 Å². The van der Waals surface area contributed by atoms with Gasteiger partial charge in [0.05, 0.1) is 15.7 Å². The molecule has 0 unspecified atom stereocenters. The van der Waals surface area contributed by atoms with Gasteiger partial charge in [0.15, 0.2) is 0 Å².